The van der Waals surface area contributed by atoms with Gasteiger partial charge in [0, 0.05) is 19.2 Å². The average molecular weight is 295 g/mol. The molecule has 0 atom stereocenters. The van der Waals surface area contributed by atoms with Crippen molar-refractivity contribution in [3.05, 3.63) is 17.7 Å². The summed E-state index contributed by atoms with van der Waals surface area (Å²) < 4.78 is 16.1. The Labute approximate surface area is 125 Å². The summed E-state index contributed by atoms with van der Waals surface area (Å²) in [7, 11) is 4.88. The van der Waals surface area contributed by atoms with Crippen molar-refractivity contribution in [1.29, 1.82) is 0 Å². The summed E-state index contributed by atoms with van der Waals surface area (Å²) >= 11 is 5.63. The normalized spacial score (nSPS) is 14.8. The van der Waals surface area contributed by atoms with Gasteiger partial charge in [-0.25, -0.2) is 0 Å². The van der Waals surface area contributed by atoms with Crippen LogP contribution in [0.2, 0.25) is 0 Å². The Balaban J connectivity index is 2.35. The van der Waals surface area contributed by atoms with E-state index in [2.05, 4.69) is 4.90 Å². The highest BCUT2D eigenvalue weighted by molar-refractivity contribution is 7.80. The molecule has 0 spiro atoms. The lowest BCUT2D eigenvalue weighted by atomic mass is 10.1. The third kappa shape index (κ3) is 2.98. The molecular weight excluding hydrogens is 274 g/mol. The number of hydrogen-bond donors (Lipinski definition) is 0. The Kier molecular flexibility index (Phi) is 5.06. The second kappa shape index (κ2) is 6.79. The molecule has 20 heavy (non-hydrogen) atoms. The van der Waals surface area contributed by atoms with Gasteiger partial charge < -0.3 is 19.1 Å². The maximum Gasteiger partial charge on any atom is 0.164 e. The molecule has 1 heterocycles. The molecule has 0 bridgehead atoms. The fourth-order valence-corrected chi connectivity index (χ4v) is 2.81. The monoisotopic (exact) mass is 295 g/mol. The molecule has 1 aliphatic heterocycles. The van der Waals surface area contributed by atoms with Crippen molar-refractivity contribution in [1.82, 2.24) is 4.90 Å². The van der Waals surface area contributed by atoms with Crippen LogP contribution in [-0.4, -0.2) is 44.3 Å². The van der Waals surface area contributed by atoms with Crippen LogP contribution in [0.5, 0.6) is 17.2 Å². The van der Waals surface area contributed by atoms with E-state index in [-0.39, 0.29) is 0 Å². The van der Waals surface area contributed by atoms with E-state index in [4.69, 9.17) is 26.4 Å². The first-order chi connectivity index (χ1) is 9.71. The number of rotatable bonds is 4. The number of ether oxygens (including phenoxy) is 3. The Morgan fingerprint density at radius 2 is 1.45 bits per heavy atom. The summed E-state index contributed by atoms with van der Waals surface area (Å²) in [6.45, 7) is 2.02. The Morgan fingerprint density at radius 3 is 2.00 bits per heavy atom. The van der Waals surface area contributed by atoms with Crippen LogP contribution in [0.3, 0.4) is 0 Å². The van der Waals surface area contributed by atoms with Gasteiger partial charge in [-0.15, -0.1) is 0 Å². The molecule has 2 rings (SSSR count). The van der Waals surface area contributed by atoms with Crippen LogP contribution in [0, 0.1) is 0 Å². The lowest BCUT2D eigenvalue weighted by Crippen LogP contribution is -2.35. The predicted molar refractivity (Wildman–Crippen MR) is 83.2 cm³/mol. The molecule has 0 amide bonds. The molecule has 0 unspecified atom stereocenters. The van der Waals surface area contributed by atoms with Crippen molar-refractivity contribution in [3.8, 4) is 17.2 Å². The molecule has 1 aliphatic rings. The minimum Gasteiger partial charge on any atom is -0.496 e. The standard InChI is InChI=1S/C15H21NO3S/c1-17-12-10-14(19-3)13(18-2)9-11(12)15(20)16-7-5-4-6-8-16/h9-10H,4-8H2,1-3H3. The molecule has 0 aliphatic carbocycles. The van der Waals surface area contributed by atoms with E-state index < -0.39 is 0 Å². The maximum absolute atomic E-state index is 5.63. The Hall–Kier alpha value is -1.49. The van der Waals surface area contributed by atoms with Gasteiger partial charge in [-0.2, -0.15) is 0 Å². The first kappa shape index (κ1) is 14.9. The highest BCUT2D eigenvalue weighted by Gasteiger charge is 2.20. The fraction of sp³-hybridized carbons (Fsp3) is 0.533. The summed E-state index contributed by atoms with van der Waals surface area (Å²) in [6.07, 6.45) is 3.66. The van der Waals surface area contributed by atoms with E-state index in [9.17, 15) is 0 Å². The minimum absolute atomic E-state index is 0.648. The zero-order chi connectivity index (χ0) is 14.5. The number of methoxy groups -OCH3 is 3. The molecular formula is C15H21NO3S. The van der Waals surface area contributed by atoms with Gasteiger partial charge >= 0.3 is 0 Å². The molecule has 0 aromatic heterocycles. The van der Waals surface area contributed by atoms with Crippen molar-refractivity contribution in [2.45, 2.75) is 19.3 Å². The van der Waals surface area contributed by atoms with Crippen LogP contribution in [0.15, 0.2) is 12.1 Å². The molecule has 1 fully saturated rings. The van der Waals surface area contributed by atoms with Gasteiger partial charge in [0.25, 0.3) is 0 Å². The van der Waals surface area contributed by atoms with Gasteiger partial charge in [-0.3, -0.25) is 0 Å². The van der Waals surface area contributed by atoms with Crippen LogP contribution in [0.1, 0.15) is 24.8 Å². The highest BCUT2D eigenvalue weighted by Crippen LogP contribution is 2.35. The zero-order valence-corrected chi connectivity index (χ0v) is 13.1. The highest BCUT2D eigenvalue weighted by atomic mass is 32.1. The number of piperidine rings is 1. The lowest BCUT2D eigenvalue weighted by molar-refractivity contribution is 0.340. The van der Waals surface area contributed by atoms with Crippen molar-refractivity contribution in [3.63, 3.8) is 0 Å². The summed E-state index contributed by atoms with van der Waals surface area (Å²) in [6, 6.07) is 3.72. The molecule has 1 aromatic carbocycles. The van der Waals surface area contributed by atoms with Crippen LogP contribution in [0.25, 0.3) is 0 Å². The van der Waals surface area contributed by atoms with Crippen LogP contribution < -0.4 is 14.2 Å². The van der Waals surface area contributed by atoms with Crippen LogP contribution >= 0.6 is 12.2 Å². The number of nitrogens with zero attached hydrogens (tertiary/aromatic N) is 1. The smallest absolute Gasteiger partial charge is 0.164 e. The lowest BCUT2D eigenvalue weighted by Gasteiger charge is -2.30. The molecule has 110 valence electrons. The van der Waals surface area contributed by atoms with Crippen LogP contribution in [0.4, 0.5) is 0 Å². The quantitative estimate of drug-likeness (QED) is 0.797. The van der Waals surface area contributed by atoms with Gasteiger partial charge in [-0.05, 0) is 25.3 Å². The van der Waals surface area contributed by atoms with Crippen molar-refractivity contribution >= 4 is 17.2 Å². The average Bonchev–Trinajstić information content (AvgIpc) is 2.53. The summed E-state index contributed by atoms with van der Waals surface area (Å²) in [5, 5.41) is 0. The molecule has 0 N–H and O–H groups in total. The zero-order valence-electron chi connectivity index (χ0n) is 12.3. The molecule has 5 heteroatoms. The van der Waals surface area contributed by atoms with Gasteiger partial charge in [0.2, 0.25) is 0 Å². The van der Waals surface area contributed by atoms with Crippen molar-refractivity contribution in [2.24, 2.45) is 0 Å². The third-order valence-electron chi connectivity index (χ3n) is 3.58. The summed E-state index contributed by atoms with van der Waals surface area (Å²) in [5.74, 6) is 2.04. The predicted octanol–water partition coefficient (Wildman–Crippen LogP) is 2.87. The molecule has 4 nitrogen and oxygen atoms in total. The van der Waals surface area contributed by atoms with Crippen molar-refractivity contribution in [2.75, 3.05) is 34.4 Å². The van der Waals surface area contributed by atoms with E-state index in [1.165, 1.54) is 19.3 Å². The van der Waals surface area contributed by atoms with E-state index in [0.29, 0.717) is 11.5 Å². The first-order valence-corrected chi connectivity index (χ1v) is 7.21. The Morgan fingerprint density at radius 1 is 0.900 bits per heavy atom. The number of thiocarbonyl (C=S) groups is 1. The number of likely N-dealkylation sites (tertiary alicyclic amines) is 1. The number of hydrogen-bond acceptors (Lipinski definition) is 4. The van der Waals surface area contributed by atoms with Gasteiger partial charge in [-0.1, -0.05) is 12.2 Å². The topological polar surface area (TPSA) is 30.9 Å². The first-order valence-electron chi connectivity index (χ1n) is 6.80. The second-order valence-electron chi connectivity index (χ2n) is 4.76. The molecule has 1 aromatic rings. The van der Waals surface area contributed by atoms with Gasteiger partial charge in [0.05, 0.1) is 26.9 Å². The molecule has 0 saturated carbocycles. The van der Waals surface area contributed by atoms with E-state index >= 15 is 0 Å². The summed E-state index contributed by atoms with van der Waals surface area (Å²) in [5.41, 5.74) is 0.891. The summed E-state index contributed by atoms with van der Waals surface area (Å²) in [4.78, 5) is 3.06. The second-order valence-corrected chi connectivity index (χ2v) is 5.15. The van der Waals surface area contributed by atoms with Crippen LogP contribution in [-0.2, 0) is 0 Å². The minimum atomic E-state index is 0.648. The third-order valence-corrected chi connectivity index (χ3v) is 4.06. The maximum atomic E-state index is 5.63. The number of benzene rings is 1. The van der Waals surface area contributed by atoms with E-state index in [0.717, 1.165) is 29.4 Å². The van der Waals surface area contributed by atoms with Gasteiger partial charge in [0.15, 0.2) is 11.5 Å². The molecule has 1 saturated heterocycles. The van der Waals surface area contributed by atoms with E-state index in [1.54, 1.807) is 21.3 Å². The van der Waals surface area contributed by atoms with E-state index in [1.807, 2.05) is 12.1 Å². The largest absolute Gasteiger partial charge is 0.496 e. The van der Waals surface area contributed by atoms with Crippen molar-refractivity contribution < 1.29 is 14.2 Å². The molecule has 0 radical (unpaired) electrons. The SMILES string of the molecule is COc1cc(OC)c(C(=S)N2CCCCC2)cc1OC. The Bertz CT molecular complexity index is 484. The fourth-order valence-electron chi connectivity index (χ4n) is 2.46. The van der Waals surface area contributed by atoms with Gasteiger partial charge in [0.1, 0.15) is 10.7 Å².